The van der Waals surface area contributed by atoms with Crippen molar-refractivity contribution in [3.05, 3.63) is 57.8 Å². The van der Waals surface area contributed by atoms with Crippen molar-refractivity contribution >= 4 is 15.9 Å². The Labute approximate surface area is 132 Å². The Hall–Kier alpha value is -1.59. The first kappa shape index (κ1) is 15.8. The predicted octanol–water partition coefficient (Wildman–Crippen LogP) is 3.91. The van der Waals surface area contributed by atoms with E-state index >= 15 is 0 Å². The SMILES string of the molecule is CNC(c1ccc(OC)cc1)c1cc(Br)c(F)cc1OC. The molecule has 0 aliphatic rings. The molecule has 5 heteroatoms. The molecule has 0 bridgehead atoms. The smallest absolute Gasteiger partial charge is 0.141 e. The van der Waals surface area contributed by atoms with Crippen LogP contribution in [0.15, 0.2) is 40.9 Å². The summed E-state index contributed by atoms with van der Waals surface area (Å²) in [6.07, 6.45) is 0. The Morgan fingerprint density at radius 1 is 1.10 bits per heavy atom. The Morgan fingerprint density at radius 3 is 2.29 bits per heavy atom. The zero-order chi connectivity index (χ0) is 15.4. The molecule has 21 heavy (non-hydrogen) atoms. The molecule has 112 valence electrons. The van der Waals surface area contributed by atoms with E-state index in [0.717, 1.165) is 16.9 Å². The Morgan fingerprint density at radius 2 is 1.76 bits per heavy atom. The predicted molar refractivity (Wildman–Crippen MR) is 84.5 cm³/mol. The van der Waals surface area contributed by atoms with Crippen molar-refractivity contribution in [2.24, 2.45) is 0 Å². The molecule has 0 saturated carbocycles. The van der Waals surface area contributed by atoms with Crippen LogP contribution in [0.5, 0.6) is 11.5 Å². The molecule has 2 aromatic rings. The monoisotopic (exact) mass is 353 g/mol. The van der Waals surface area contributed by atoms with Crippen molar-refractivity contribution in [2.45, 2.75) is 6.04 Å². The molecule has 2 rings (SSSR count). The third-order valence-electron chi connectivity index (χ3n) is 3.32. The van der Waals surface area contributed by atoms with Crippen molar-refractivity contribution < 1.29 is 13.9 Å². The Kier molecular flexibility index (Phi) is 5.20. The fourth-order valence-corrected chi connectivity index (χ4v) is 2.61. The van der Waals surface area contributed by atoms with Crippen LogP contribution in [0.25, 0.3) is 0 Å². The topological polar surface area (TPSA) is 30.5 Å². The van der Waals surface area contributed by atoms with E-state index in [0.29, 0.717) is 10.2 Å². The van der Waals surface area contributed by atoms with Gasteiger partial charge < -0.3 is 14.8 Å². The van der Waals surface area contributed by atoms with Gasteiger partial charge in [-0.15, -0.1) is 0 Å². The second-order valence-corrected chi connectivity index (χ2v) is 5.36. The number of hydrogen-bond acceptors (Lipinski definition) is 3. The number of hydrogen-bond donors (Lipinski definition) is 1. The molecular formula is C16H17BrFNO2. The third kappa shape index (κ3) is 3.36. The van der Waals surface area contributed by atoms with Gasteiger partial charge in [-0.3, -0.25) is 0 Å². The van der Waals surface area contributed by atoms with Gasteiger partial charge in [0.25, 0.3) is 0 Å². The molecule has 0 amide bonds. The van der Waals surface area contributed by atoms with Gasteiger partial charge in [-0.25, -0.2) is 4.39 Å². The van der Waals surface area contributed by atoms with Crippen LogP contribution in [0.3, 0.4) is 0 Å². The molecule has 0 spiro atoms. The lowest BCUT2D eigenvalue weighted by Gasteiger charge is -2.20. The molecular weight excluding hydrogens is 337 g/mol. The molecule has 1 atom stereocenters. The molecule has 0 aliphatic heterocycles. The summed E-state index contributed by atoms with van der Waals surface area (Å²) >= 11 is 3.22. The zero-order valence-electron chi connectivity index (χ0n) is 12.1. The minimum Gasteiger partial charge on any atom is -0.497 e. The molecule has 3 nitrogen and oxygen atoms in total. The fourth-order valence-electron chi connectivity index (χ4n) is 2.24. The molecule has 1 unspecified atom stereocenters. The van der Waals surface area contributed by atoms with Crippen LogP contribution >= 0.6 is 15.9 Å². The van der Waals surface area contributed by atoms with Gasteiger partial charge in [0.15, 0.2) is 0 Å². The van der Waals surface area contributed by atoms with Crippen LogP contribution in [0.2, 0.25) is 0 Å². The summed E-state index contributed by atoms with van der Waals surface area (Å²) in [6, 6.07) is 10.7. The number of nitrogens with one attached hydrogen (secondary N) is 1. The molecule has 0 aliphatic carbocycles. The van der Waals surface area contributed by atoms with E-state index in [9.17, 15) is 4.39 Å². The highest BCUT2D eigenvalue weighted by atomic mass is 79.9. The van der Waals surface area contributed by atoms with Crippen LogP contribution in [0.4, 0.5) is 4.39 Å². The van der Waals surface area contributed by atoms with Crippen molar-refractivity contribution in [3.8, 4) is 11.5 Å². The van der Waals surface area contributed by atoms with Crippen LogP contribution in [0.1, 0.15) is 17.2 Å². The second-order valence-electron chi connectivity index (χ2n) is 4.50. The highest BCUT2D eigenvalue weighted by Gasteiger charge is 2.19. The summed E-state index contributed by atoms with van der Waals surface area (Å²) in [5.41, 5.74) is 1.90. The average Bonchev–Trinajstić information content (AvgIpc) is 2.51. The van der Waals surface area contributed by atoms with E-state index in [-0.39, 0.29) is 11.9 Å². The van der Waals surface area contributed by atoms with E-state index in [4.69, 9.17) is 9.47 Å². The van der Waals surface area contributed by atoms with Crippen molar-refractivity contribution in [1.82, 2.24) is 5.32 Å². The third-order valence-corrected chi connectivity index (χ3v) is 3.93. The number of methoxy groups -OCH3 is 2. The quantitative estimate of drug-likeness (QED) is 0.883. The van der Waals surface area contributed by atoms with E-state index in [1.165, 1.54) is 13.2 Å². The second kappa shape index (κ2) is 6.91. The van der Waals surface area contributed by atoms with E-state index in [1.807, 2.05) is 31.3 Å². The Balaban J connectivity index is 2.47. The molecule has 0 heterocycles. The van der Waals surface area contributed by atoms with Crippen LogP contribution < -0.4 is 14.8 Å². The summed E-state index contributed by atoms with van der Waals surface area (Å²) in [7, 11) is 5.02. The first-order valence-corrected chi connectivity index (χ1v) is 7.24. The minimum absolute atomic E-state index is 0.109. The van der Waals surface area contributed by atoms with Gasteiger partial charge >= 0.3 is 0 Å². The van der Waals surface area contributed by atoms with Crippen molar-refractivity contribution in [1.29, 1.82) is 0 Å². The largest absolute Gasteiger partial charge is 0.497 e. The van der Waals surface area contributed by atoms with Crippen LogP contribution in [-0.4, -0.2) is 21.3 Å². The van der Waals surface area contributed by atoms with Gasteiger partial charge in [-0.2, -0.15) is 0 Å². The van der Waals surface area contributed by atoms with Gasteiger partial charge in [-0.1, -0.05) is 12.1 Å². The Bertz CT molecular complexity index is 616. The number of ether oxygens (including phenoxy) is 2. The maximum absolute atomic E-state index is 13.7. The van der Waals surface area contributed by atoms with Gasteiger partial charge in [0.2, 0.25) is 0 Å². The molecule has 0 fully saturated rings. The molecule has 2 aromatic carbocycles. The van der Waals surface area contributed by atoms with Gasteiger partial charge in [0.05, 0.1) is 24.7 Å². The van der Waals surface area contributed by atoms with E-state index in [1.54, 1.807) is 13.2 Å². The number of benzene rings is 2. The van der Waals surface area contributed by atoms with E-state index in [2.05, 4.69) is 21.2 Å². The van der Waals surface area contributed by atoms with Gasteiger partial charge in [-0.05, 0) is 46.7 Å². The summed E-state index contributed by atoms with van der Waals surface area (Å²) < 4.78 is 24.5. The average molecular weight is 354 g/mol. The lowest BCUT2D eigenvalue weighted by atomic mass is 9.98. The molecule has 1 N–H and O–H groups in total. The first-order chi connectivity index (χ1) is 10.1. The molecule has 0 radical (unpaired) electrons. The van der Waals surface area contributed by atoms with E-state index < -0.39 is 0 Å². The zero-order valence-corrected chi connectivity index (χ0v) is 13.7. The summed E-state index contributed by atoms with van der Waals surface area (Å²) in [4.78, 5) is 0. The van der Waals surface area contributed by atoms with Crippen LogP contribution in [0, 0.1) is 5.82 Å². The van der Waals surface area contributed by atoms with Crippen molar-refractivity contribution in [3.63, 3.8) is 0 Å². The molecule has 0 saturated heterocycles. The summed E-state index contributed by atoms with van der Waals surface area (Å²) in [6.45, 7) is 0. The molecule has 0 aromatic heterocycles. The minimum atomic E-state index is -0.347. The van der Waals surface area contributed by atoms with Crippen molar-refractivity contribution in [2.75, 3.05) is 21.3 Å². The number of rotatable bonds is 5. The highest BCUT2D eigenvalue weighted by molar-refractivity contribution is 9.10. The van der Waals surface area contributed by atoms with Gasteiger partial charge in [0.1, 0.15) is 17.3 Å². The number of halogens is 2. The maximum atomic E-state index is 13.7. The van der Waals surface area contributed by atoms with Crippen LogP contribution in [-0.2, 0) is 0 Å². The first-order valence-electron chi connectivity index (χ1n) is 6.44. The summed E-state index contributed by atoms with van der Waals surface area (Å²) in [5, 5.41) is 3.23. The lowest BCUT2D eigenvalue weighted by molar-refractivity contribution is 0.401. The van der Waals surface area contributed by atoms with Gasteiger partial charge in [0, 0.05) is 11.6 Å². The fraction of sp³-hybridized carbons (Fsp3) is 0.250. The standard InChI is InChI=1S/C16H17BrFNO2/c1-19-16(10-4-6-11(20-2)7-5-10)12-8-13(17)14(18)9-15(12)21-3/h4-9,16,19H,1-3H3. The highest BCUT2D eigenvalue weighted by Crippen LogP contribution is 2.34. The maximum Gasteiger partial charge on any atom is 0.141 e. The normalized spacial score (nSPS) is 12.0. The lowest BCUT2D eigenvalue weighted by Crippen LogP contribution is -2.18. The summed E-state index contributed by atoms with van der Waals surface area (Å²) in [5.74, 6) is 0.951.